The summed E-state index contributed by atoms with van der Waals surface area (Å²) >= 11 is 1.03. The summed E-state index contributed by atoms with van der Waals surface area (Å²) in [5, 5.41) is 12.7. The maximum atomic E-state index is 12.1. The molecule has 0 aliphatic rings. The predicted molar refractivity (Wildman–Crippen MR) is 78.2 cm³/mol. The van der Waals surface area contributed by atoms with Gasteiger partial charge in [0, 0.05) is 18.6 Å². The van der Waals surface area contributed by atoms with Gasteiger partial charge in [0.15, 0.2) is 15.7 Å². The number of nitrogens with one attached hydrogen (secondary N) is 1. The fourth-order valence-electron chi connectivity index (χ4n) is 1.45. The lowest BCUT2D eigenvalue weighted by Crippen LogP contribution is -2.27. The highest BCUT2D eigenvalue weighted by atomic mass is 32.2. The number of anilines is 2. The quantitative estimate of drug-likeness (QED) is 0.702. The number of nitrogen functional groups attached to an aromatic ring is 1. The second kappa shape index (κ2) is 6.06. The molecule has 110 valence electrons. The van der Waals surface area contributed by atoms with Crippen LogP contribution in [-0.4, -0.2) is 36.8 Å². The van der Waals surface area contributed by atoms with Crippen LogP contribution in [-0.2, 0) is 9.84 Å². The van der Waals surface area contributed by atoms with Gasteiger partial charge >= 0.3 is 0 Å². The van der Waals surface area contributed by atoms with E-state index in [-0.39, 0.29) is 28.5 Å². The van der Waals surface area contributed by atoms with Crippen molar-refractivity contribution in [3.63, 3.8) is 0 Å². The summed E-state index contributed by atoms with van der Waals surface area (Å²) in [5.41, 5.74) is 5.32. The molecule has 8 heteroatoms. The van der Waals surface area contributed by atoms with E-state index in [1.54, 1.807) is 6.92 Å². The number of rotatable bonds is 7. The molecule has 0 saturated heterocycles. The Balaban J connectivity index is 2.99. The van der Waals surface area contributed by atoms with Crippen molar-refractivity contribution in [2.75, 3.05) is 30.0 Å². The molecule has 0 aliphatic heterocycles. The molecule has 1 rings (SSSR count). The van der Waals surface area contributed by atoms with Gasteiger partial charge in [0.25, 0.3) is 0 Å². The van der Waals surface area contributed by atoms with Gasteiger partial charge in [-0.2, -0.15) is 4.37 Å². The van der Waals surface area contributed by atoms with Crippen LogP contribution in [0, 0.1) is 5.41 Å². The number of aliphatic hydroxyl groups excluding tert-OH is 1. The van der Waals surface area contributed by atoms with Gasteiger partial charge in [0.2, 0.25) is 0 Å². The molecule has 0 bridgehead atoms. The van der Waals surface area contributed by atoms with Gasteiger partial charge in [-0.25, -0.2) is 8.42 Å². The van der Waals surface area contributed by atoms with Gasteiger partial charge < -0.3 is 16.2 Å². The first-order valence-corrected chi connectivity index (χ1v) is 8.48. The lowest BCUT2D eigenvalue weighted by molar-refractivity contribution is 0.171. The Morgan fingerprint density at radius 2 is 2.11 bits per heavy atom. The highest BCUT2D eigenvalue weighted by molar-refractivity contribution is 7.91. The Hall–Kier alpha value is -0.860. The fraction of sp³-hybridized carbons (Fsp3) is 0.727. The van der Waals surface area contributed by atoms with Gasteiger partial charge in [0.05, 0.1) is 5.75 Å². The molecule has 0 aromatic carbocycles. The maximum Gasteiger partial charge on any atom is 0.185 e. The minimum absolute atomic E-state index is 0.00529. The molecule has 0 amide bonds. The van der Waals surface area contributed by atoms with E-state index >= 15 is 0 Å². The Morgan fingerprint density at radius 3 is 2.63 bits per heavy atom. The second-order valence-corrected chi connectivity index (χ2v) is 8.04. The van der Waals surface area contributed by atoms with Crippen LogP contribution < -0.4 is 11.1 Å². The van der Waals surface area contributed by atoms with Gasteiger partial charge in [0.1, 0.15) is 9.90 Å². The average Bonchev–Trinajstić information content (AvgIpc) is 2.69. The maximum absolute atomic E-state index is 12.1. The second-order valence-electron chi connectivity index (χ2n) is 5.22. The van der Waals surface area contributed by atoms with Crippen molar-refractivity contribution < 1.29 is 13.5 Å². The van der Waals surface area contributed by atoms with Crippen molar-refractivity contribution in [3.05, 3.63) is 0 Å². The standard InChI is InChI=1S/C11H21N3O3S2/c1-4-5-19(16,17)8-9(12)14-18-10(8)13-6-11(2,3)7-15/h13,15H,4-7H2,1-3H3,(H2,12,14). The minimum atomic E-state index is -3.40. The third-order valence-electron chi connectivity index (χ3n) is 2.61. The molecule has 0 aliphatic carbocycles. The van der Waals surface area contributed by atoms with Crippen molar-refractivity contribution in [1.82, 2.24) is 4.37 Å². The normalized spacial score (nSPS) is 12.6. The van der Waals surface area contributed by atoms with E-state index in [0.717, 1.165) is 11.5 Å². The highest BCUT2D eigenvalue weighted by Gasteiger charge is 2.26. The first-order valence-electron chi connectivity index (χ1n) is 6.06. The summed E-state index contributed by atoms with van der Waals surface area (Å²) in [5.74, 6) is 0.0935. The van der Waals surface area contributed by atoms with Crippen LogP contribution in [0.4, 0.5) is 10.8 Å². The molecule has 0 saturated carbocycles. The zero-order valence-corrected chi connectivity index (χ0v) is 13.1. The van der Waals surface area contributed by atoms with Crippen LogP contribution in [0.15, 0.2) is 4.90 Å². The Bertz CT molecular complexity index is 523. The third-order valence-corrected chi connectivity index (χ3v) is 5.54. The molecule has 0 spiro atoms. The molecule has 1 aromatic heterocycles. The third kappa shape index (κ3) is 4.05. The summed E-state index contributed by atoms with van der Waals surface area (Å²) in [6.45, 7) is 6.01. The van der Waals surface area contributed by atoms with Crippen LogP contribution in [0.2, 0.25) is 0 Å². The SMILES string of the molecule is CCCS(=O)(=O)c1c(N)nsc1NCC(C)(C)CO. The molecule has 1 aromatic rings. The molecule has 0 atom stereocenters. The van der Waals surface area contributed by atoms with Crippen LogP contribution in [0.25, 0.3) is 0 Å². The van der Waals surface area contributed by atoms with Crippen molar-refractivity contribution in [3.8, 4) is 0 Å². The Morgan fingerprint density at radius 1 is 1.47 bits per heavy atom. The largest absolute Gasteiger partial charge is 0.396 e. The smallest absolute Gasteiger partial charge is 0.185 e. The first-order chi connectivity index (χ1) is 8.73. The predicted octanol–water partition coefficient (Wildman–Crippen LogP) is 1.34. The molecule has 19 heavy (non-hydrogen) atoms. The lowest BCUT2D eigenvalue weighted by Gasteiger charge is -2.22. The topological polar surface area (TPSA) is 105 Å². The van der Waals surface area contributed by atoms with Crippen LogP contribution in [0.5, 0.6) is 0 Å². The van der Waals surface area contributed by atoms with E-state index in [0.29, 0.717) is 18.0 Å². The number of aromatic nitrogens is 1. The van der Waals surface area contributed by atoms with Crippen LogP contribution in [0.3, 0.4) is 0 Å². The summed E-state index contributed by atoms with van der Waals surface area (Å²) < 4.78 is 28.2. The van der Waals surface area contributed by atoms with Crippen LogP contribution in [0.1, 0.15) is 27.2 Å². The van der Waals surface area contributed by atoms with Gasteiger partial charge in [-0.05, 0) is 18.0 Å². The van der Waals surface area contributed by atoms with Gasteiger partial charge in [-0.1, -0.05) is 20.8 Å². The Labute approximate surface area is 118 Å². The Kier molecular flexibility index (Phi) is 5.17. The number of nitrogens with zero attached hydrogens (tertiary/aromatic N) is 1. The number of hydrogen-bond acceptors (Lipinski definition) is 7. The van der Waals surface area contributed by atoms with Crippen molar-refractivity contribution >= 4 is 32.2 Å². The summed E-state index contributed by atoms with van der Waals surface area (Å²) in [6, 6.07) is 0. The lowest BCUT2D eigenvalue weighted by atomic mass is 9.95. The summed E-state index contributed by atoms with van der Waals surface area (Å²) in [4.78, 5) is 0.0908. The zero-order valence-electron chi connectivity index (χ0n) is 11.4. The molecular formula is C11H21N3O3S2. The fourth-order valence-corrected chi connectivity index (χ4v) is 4.07. The number of aliphatic hydroxyl groups is 1. The molecule has 0 unspecified atom stereocenters. The van der Waals surface area contributed by atoms with Crippen molar-refractivity contribution in [2.24, 2.45) is 5.41 Å². The van der Waals surface area contributed by atoms with Crippen molar-refractivity contribution in [2.45, 2.75) is 32.1 Å². The van der Waals surface area contributed by atoms with E-state index in [4.69, 9.17) is 5.73 Å². The van der Waals surface area contributed by atoms with E-state index in [2.05, 4.69) is 9.69 Å². The number of sulfone groups is 1. The van der Waals surface area contributed by atoms with E-state index in [9.17, 15) is 13.5 Å². The minimum Gasteiger partial charge on any atom is -0.396 e. The zero-order chi connectivity index (χ0) is 14.7. The molecule has 6 nitrogen and oxygen atoms in total. The average molecular weight is 307 g/mol. The van der Waals surface area contributed by atoms with Gasteiger partial charge in [-0.3, -0.25) is 0 Å². The number of hydrogen-bond donors (Lipinski definition) is 3. The van der Waals surface area contributed by atoms with Gasteiger partial charge in [-0.15, -0.1) is 0 Å². The van der Waals surface area contributed by atoms with E-state index < -0.39 is 9.84 Å². The molecule has 1 heterocycles. The molecular weight excluding hydrogens is 286 g/mol. The summed E-state index contributed by atoms with van der Waals surface area (Å²) in [7, 11) is -3.40. The van der Waals surface area contributed by atoms with Crippen molar-refractivity contribution in [1.29, 1.82) is 0 Å². The van der Waals surface area contributed by atoms with E-state index in [1.807, 2.05) is 13.8 Å². The molecule has 0 radical (unpaired) electrons. The van der Waals surface area contributed by atoms with E-state index in [1.165, 1.54) is 0 Å². The first kappa shape index (κ1) is 16.2. The van der Waals surface area contributed by atoms with Crippen LogP contribution >= 0.6 is 11.5 Å². The summed E-state index contributed by atoms with van der Waals surface area (Å²) in [6.07, 6.45) is 0.527. The highest BCUT2D eigenvalue weighted by Crippen LogP contribution is 2.33. The molecule has 0 fully saturated rings. The molecule has 4 N–H and O–H groups in total. The number of nitrogens with two attached hydrogens (primary N) is 1. The monoisotopic (exact) mass is 307 g/mol.